The van der Waals surface area contributed by atoms with E-state index >= 15 is 0 Å². The number of aryl methyl sites for hydroxylation is 2. The number of thiazole rings is 1. The Kier molecular flexibility index (Phi) is 6.61. The first-order valence-electron chi connectivity index (χ1n) is 11.8. The summed E-state index contributed by atoms with van der Waals surface area (Å²) >= 11 is 1.78. The van der Waals surface area contributed by atoms with E-state index in [1.807, 2.05) is 12.1 Å². The number of halogens is 1. The summed E-state index contributed by atoms with van der Waals surface area (Å²) in [5.41, 5.74) is 4.39. The number of likely N-dealkylation sites (tertiary alicyclic amines) is 1. The van der Waals surface area contributed by atoms with Gasteiger partial charge in [0.05, 0.1) is 23.9 Å². The number of nitrogens with zero attached hydrogens (tertiary/aromatic N) is 2. The molecule has 0 spiro atoms. The minimum Gasteiger partial charge on any atom is -0.343 e. The molecule has 0 bridgehead atoms. The van der Waals surface area contributed by atoms with Gasteiger partial charge in [-0.05, 0) is 64.0 Å². The summed E-state index contributed by atoms with van der Waals surface area (Å²) in [6.07, 6.45) is 3.01. The molecule has 2 saturated heterocycles. The van der Waals surface area contributed by atoms with Crippen molar-refractivity contribution in [3.05, 3.63) is 75.4 Å². The third-order valence-corrected chi connectivity index (χ3v) is 7.88. The van der Waals surface area contributed by atoms with Gasteiger partial charge in [0.2, 0.25) is 0 Å². The Morgan fingerprint density at radius 3 is 2.52 bits per heavy atom. The Morgan fingerprint density at radius 1 is 1.06 bits per heavy atom. The Morgan fingerprint density at radius 2 is 1.79 bits per heavy atom. The zero-order valence-corrected chi connectivity index (χ0v) is 20.2. The Balaban J connectivity index is 1.22. The van der Waals surface area contributed by atoms with Gasteiger partial charge in [0.1, 0.15) is 5.82 Å². The smallest absolute Gasteiger partial charge is 0.195 e. The Labute approximate surface area is 199 Å². The second-order valence-corrected chi connectivity index (χ2v) is 10.4. The molecule has 0 aliphatic carbocycles. The normalized spacial score (nSPS) is 20.5. The van der Waals surface area contributed by atoms with E-state index < -0.39 is 5.79 Å². The molecule has 1 aromatic heterocycles. The van der Waals surface area contributed by atoms with Gasteiger partial charge < -0.3 is 14.4 Å². The number of benzene rings is 2. The molecule has 5 rings (SSSR count). The molecule has 3 heterocycles. The SMILES string of the molecule is Cc1ccc(C2(CCCN3CCC(c4sc(C)nc4-c4ccc(F)cc4)C3)OCCO2)cc1. The third-order valence-electron chi connectivity index (χ3n) is 6.75. The van der Waals surface area contributed by atoms with E-state index in [0.717, 1.165) is 60.7 Å². The highest BCUT2D eigenvalue weighted by Gasteiger charge is 2.38. The predicted molar refractivity (Wildman–Crippen MR) is 130 cm³/mol. The molecule has 2 aliphatic heterocycles. The van der Waals surface area contributed by atoms with Crippen molar-refractivity contribution in [1.29, 1.82) is 0 Å². The van der Waals surface area contributed by atoms with Crippen molar-refractivity contribution in [2.24, 2.45) is 0 Å². The minimum atomic E-state index is -0.600. The fourth-order valence-corrected chi connectivity index (χ4v) is 6.11. The van der Waals surface area contributed by atoms with E-state index in [1.54, 1.807) is 11.3 Å². The molecule has 2 aliphatic rings. The summed E-state index contributed by atoms with van der Waals surface area (Å²) in [7, 11) is 0. The fourth-order valence-electron chi connectivity index (χ4n) is 5.04. The third kappa shape index (κ3) is 4.90. The highest BCUT2D eigenvalue weighted by atomic mass is 32.1. The Bertz CT molecular complexity index is 1070. The maximum absolute atomic E-state index is 13.4. The number of ether oxygens (including phenoxy) is 2. The highest BCUT2D eigenvalue weighted by molar-refractivity contribution is 7.12. The zero-order valence-electron chi connectivity index (χ0n) is 19.4. The van der Waals surface area contributed by atoms with Gasteiger partial charge in [0.15, 0.2) is 5.79 Å². The molecular weight excluding hydrogens is 435 g/mol. The van der Waals surface area contributed by atoms with Crippen LogP contribution in [0.15, 0.2) is 48.5 Å². The monoisotopic (exact) mass is 466 g/mol. The number of hydrogen-bond donors (Lipinski definition) is 0. The van der Waals surface area contributed by atoms with Crippen LogP contribution in [-0.2, 0) is 15.3 Å². The lowest BCUT2D eigenvalue weighted by Gasteiger charge is -2.29. The van der Waals surface area contributed by atoms with Gasteiger partial charge in [0, 0.05) is 34.9 Å². The van der Waals surface area contributed by atoms with Crippen LogP contribution in [0.25, 0.3) is 11.3 Å². The largest absolute Gasteiger partial charge is 0.343 e. The summed E-state index contributed by atoms with van der Waals surface area (Å²) in [6.45, 7) is 8.61. The van der Waals surface area contributed by atoms with E-state index in [1.165, 1.54) is 22.6 Å². The second kappa shape index (κ2) is 9.63. The van der Waals surface area contributed by atoms with Crippen LogP contribution in [0.2, 0.25) is 0 Å². The lowest BCUT2D eigenvalue weighted by molar-refractivity contribution is -0.172. The van der Waals surface area contributed by atoms with Crippen molar-refractivity contribution in [2.45, 2.75) is 44.8 Å². The summed E-state index contributed by atoms with van der Waals surface area (Å²) < 4.78 is 25.6. The first kappa shape index (κ1) is 22.7. The van der Waals surface area contributed by atoms with Crippen molar-refractivity contribution in [1.82, 2.24) is 9.88 Å². The molecule has 6 heteroatoms. The Hall–Kier alpha value is -2.12. The van der Waals surface area contributed by atoms with Crippen LogP contribution in [0.4, 0.5) is 4.39 Å². The maximum Gasteiger partial charge on any atom is 0.195 e. The summed E-state index contributed by atoms with van der Waals surface area (Å²) in [4.78, 5) is 8.67. The van der Waals surface area contributed by atoms with Crippen molar-refractivity contribution >= 4 is 11.3 Å². The molecular formula is C27H31FN2O2S. The molecule has 2 aromatic carbocycles. The quantitative estimate of drug-likeness (QED) is 0.425. The van der Waals surface area contributed by atoms with E-state index in [4.69, 9.17) is 14.5 Å². The second-order valence-electron chi connectivity index (χ2n) is 9.16. The van der Waals surface area contributed by atoms with E-state index in [0.29, 0.717) is 19.1 Å². The zero-order chi connectivity index (χ0) is 22.8. The lowest BCUT2D eigenvalue weighted by Crippen LogP contribution is -2.29. The highest BCUT2D eigenvalue weighted by Crippen LogP contribution is 2.40. The number of aromatic nitrogens is 1. The molecule has 4 nitrogen and oxygen atoms in total. The first-order valence-corrected chi connectivity index (χ1v) is 12.6. The van der Waals surface area contributed by atoms with Gasteiger partial charge in [0.25, 0.3) is 0 Å². The van der Waals surface area contributed by atoms with Gasteiger partial charge in [-0.25, -0.2) is 9.37 Å². The molecule has 0 saturated carbocycles. The first-order chi connectivity index (χ1) is 16.0. The van der Waals surface area contributed by atoms with Crippen LogP contribution < -0.4 is 0 Å². The molecule has 0 amide bonds. The van der Waals surface area contributed by atoms with E-state index in [2.05, 4.69) is 43.0 Å². The molecule has 1 atom stereocenters. The van der Waals surface area contributed by atoms with Crippen LogP contribution in [-0.4, -0.2) is 42.7 Å². The number of hydrogen-bond acceptors (Lipinski definition) is 5. The molecule has 174 valence electrons. The van der Waals surface area contributed by atoms with Crippen molar-refractivity contribution in [3.8, 4) is 11.3 Å². The summed E-state index contributed by atoms with van der Waals surface area (Å²) in [5.74, 6) is -0.337. The van der Waals surface area contributed by atoms with Crippen molar-refractivity contribution in [3.63, 3.8) is 0 Å². The average molecular weight is 467 g/mol. The summed E-state index contributed by atoms with van der Waals surface area (Å²) in [5, 5.41) is 1.07. The van der Waals surface area contributed by atoms with Gasteiger partial charge in [-0.3, -0.25) is 0 Å². The molecule has 0 radical (unpaired) electrons. The number of rotatable bonds is 7. The molecule has 3 aromatic rings. The lowest BCUT2D eigenvalue weighted by atomic mass is 9.99. The molecule has 2 fully saturated rings. The van der Waals surface area contributed by atoms with Crippen LogP contribution >= 0.6 is 11.3 Å². The van der Waals surface area contributed by atoms with Gasteiger partial charge >= 0.3 is 0 Å². The maximum atomic E-state index is 13.4. The topological polar surface area (TPSA) is 34.6 Å². The summed E-state index contributed by atoms with van der Waals surface area (Å²) in [6, 6.07) is 15.2. The fraction of sp³-hybridized carbons (Fsp3) is 0.444. The van der Waals surface area contributed by atoms with Crippen molar-refractivity contribution in [2.75, 3.05) is 32.8 Å². The minimum absolute atomic E-state index is 0.210. The van der Waals surface area contributed by atoms with E-state index in [-0.39, 0.29) is 5.82 Å². The molecule has 0 N–H and O–H groups in total. The van der Waals surface area contributed by atoms with Crippen molar-refractivity contribution < 1.29 is 13.9 Å². The van der Waals surface area contributed by atoms with Crippen LogP contribution in [0.5, 0.6) is 0 Å². The predicted octanol–water partition coefficient (Wildman–Crippen LogP) is 6.04. The van der Waals surface area contributed by atoms with E-state index in [9.17, 15) is 4.39 Å². The van der Waals surface area contributed by atoms with Crippen LogP contribution in [0.1, 0.15) is 46.2 Å². The molecule has 1 unspecified atom stereocenters. The molecule has 33 heavy (non-hydrogen) atoms. The van der Waals surface area contributed by atoms with Gasteiger partial charge in [-0.2, -0.15) is 0 Å². The van der Waals surface area contributed by atoms with Gasteiger partial charge in [-0.1, -0.05) is 29.8 Å². The standard InChI is InChI=1S/C27H31FN2O2S/c1-19-4-8-23(9-5-19)27(31-16-17-32-27)13-3-14-30-15-12-22(18-30)26-25(29-20(2)33-26)21-6-10-24(28)11-7-21/h4-11,22H,3,12-18H2,1-2H3. The van der Waals surface area contributed by atoms with Gasteiger partial charge in [-0.15, -0.1) is 11.3 Å². The van der Waals surface area contributed by atoms with Crippen LogP contribution in [0.3, 0.4) is 0 Å². The average Bonchev–Trinajstić information content (AvgIpc) is 3.55. The van der Waals surface area contributed by atoms with Crippen LogP contribution in [0, 0.1) is 19.7 Å².